The summed E-state index contributed by atoms with van der Waals surface area (Å²) in [5.74, 6) is 0.979. The molecule has 2 heterocycles. The number of hydrogen-bond donors (Lipinski definition) is 2. The molecular weight excluding hydrogens is 195 g/mol. The Balaban J connectivity index is 2.20. The zero-order valence-electron chi connectivity index (χ0n) is 7.69. The number of ether oxygens (including phenoxy) is 1. The molecule has 0 fully saturated rings. The second kappa shape index (κ2) is 3.95. The van der Waals surface area contributed by atoms with Crippen molar-refractivity contribution >= 4 is 13.0 Å². The van der Waals surface area contributed by atoms with Gasteiger partial charge in [-0.25, -0.2) is 0 Å². The number of esters is 1. The summed E-state index contributed by atoms with van der Waals surface area (Å²) < 4.78 is 4.88. The number of aromatic amines is 2. The van der Waals surface area contributed by atoms with Crippen LogP contribution in [0.4, 0.5) is 0 Å². The molecule has 0 saturated heterocycles. The minimum absolute atomic E-state index is 0.0166. The first-order valence-electron chi connectivity index (χ1n) is 4.30. The van der Waals surface area contributed by atoms with Crippen molar-refractivity contribution in [2.24, 2.45) is 0 Å². The van der Waals surface area contributed by atoms with Crippen molar-refractivity contribution in [1.82, 2.24) is 9.88 Å². The van der Waals surface area contributed by atoms with E-state index in [1.807, 2.05) is 0 Å². The molecule has 0 radical (unpaired) electrons. The van der Waals surface area contributed by atoms with Gasteiger partial charge >= 0.3 is 84.6 Å². The van der Waals surface area contributed by atoms with Crippen LogP contribution in [0.5, 0.6) is 5.75 Å². The summed E-state index contributed by atoms with van der Waals surface area (Å²) in [4.78, 5) is 27.7. The molecule has 2 N–H and O–H groups in total. The normalized spacial score (nSPS) is 9.60. The predicted molar refractivity (Wildman–Crippen MR) is 54.2 cm³/mol. The standard InChI is InChI=1S/C9H7BN2O3/c13-8-7(3-4-10-12-8)15-9(14)6-2-1-5-11-6/h1-5,11H,(H,12,13). The van der Waals surface area contributed by atoms with Crippen LogP contribution in [0.25, 0.3) is 0 Å². The van der Waals surface area contributed by atoms with E-state index in [0.717, 1.165) is 0 Å². The first-order chi connectivity index (χ1) is 7.27. The van der Waals surface area contributed by atoms with Gasteiger partial charge in [0.05, 0.1) is 0 Å². The maximum absolute atomic E-state index is 11.4. The Morgan fingerprint density at radius 2 is 2.27 bits per heavy atom. The predicted octanol–water partition coefficient (Wildman–Crippen LogP) is 0.260. The van der Waals surface area contributed by atoms with Gasteiger partial charge in [-0.3, -0.25) is 0 Å². The number of carbonyl (C=O) groups is 1. The fourth-order valence-corrected chi connectivity index (χ4v) is 1.10. The Morgan fingerprint density at radius 3 is 2.93 bits per heavy atom. The molecule has 6 heteroatoms. The molecule has 0 spiro atoms. The van der Waals surface area contributed by atoms with E-state index >= 15 is 0 Å². The zero-order chi connectivity index (χ0) is 10.7. The van der Waals surface area contributed by atoms with Crippen molar-refractivity contribution in [1.29, 1.82) is 0 Å². The molecule has 0 saturated carbocycles. The molecule has 0 aliphatic carbocycles. The van der Waals surface area contributed by atoms with E-state index in [1.54, 1.807) is 24.3 Å². The van der Waals surface area contributed by atoms with Crippen LogP contribution in [-0.4, -0.2) is 22.9 Å². The summed E-state index contributed by atoms with van der Waals surface area (Å²) in [5, 5.41) is 0. The number of carbonyl (C=O) groups excluding carboxylic acids is 1. The SMILES string of the molecule is O=C(Oc1ccb[nH]c1=O)c1ccc[nH]1. The van der Waals surface area contributed by atoms with Crippen molar-refractivity contribution in [2.45, 2.75) is 0 Å². The fourth-order valence-electron chi connectivity index (χ4n) is 1.10. The quantitative estimate of drug-likeness (QED) is 0.685. The number of aromatic nitrogens is 2. The van der Waals surface area contributed by atoms with Gasteiger partial charge in [0, 0.05) is 0 Å². The van der Waals surface area contributed by atoms with E-state index in [9.17, 15) is 9.59 Å². The number of rotatable bonds is 2. The summed E-state index contributed by atoms with van der Waals surface area (Å²) in [6.45, 7) is 0. The van der Waals surface area contributed by atoms with Crippen molar-refractivity contribution in [3.05, 3.63) is 46.4 Å². The topological polar surface area (TPSA) is 75.0 Å². The van der Waals surface area contributed by atoms with Gasteiger partial charge in [-0.1, -0.05) is 0 Å². The molecule has 0 bridgehead atoms. The van der Waals surface area contributed by atoms with Crippen LogP contribution in [0.15, 0.2) is 35.2 Å². The van der Waals surface area contributed by atoms with Gasteiger partial charge in [-0.2, -0.15) is 0 Å². The second-order valence-corrected chi connectivity index (χ2v) is 2.84. The number of nitrogens with one attached hydrogen (secondary N) is 2. The van der Waals surface area contributed by atoms with Crippen LogP contribution in [-0.2, 0) is 0 Å². The third kappa shape index (κ3) is 2.04. The van der Waals surface area contributed by atoms with Crippen LogP contribution in [0, 0.1) is 0 Å². The Bertz CT molecular complexity index is 518. The summed E-state index contributed by atoms with van der Waals surface area (Å²) in [6.07, 6.45) is 1.60. The maximum atomic E-state index is 11.4. The molecule has 5 nitrogen and oxygen atoms in total. The van der Waals surface area contributed by atoms with Gasteiger partial charge in [0.1, 0.15) is 0 Å². The summed E-state index contributed by atoms with van der Waals surface area (Å²) >= 11 is 0. The number of hydrogen-bond acceptors (Lipinski definition) is 3. The summed E-state index contributed by atoms with van der Waals surface area (Å²) in [6, 6.07) is 4.67. The van der Waals surface area contributed by atoms with Crippen LogP contribution in [0.2, 0.25) is 0 Å². The van der Waals surface area contributed by atoms with Crippen LogP contribution in [0.3, 0.4) is 0 Å². The molecule has 0 aliphatic heterocycles. The fraction of sp³-hybridized carbons (Fsp3) is 0. The monoisotopic (exact) mass is 202 g/mol. The Labute approximate surface area is 85.3 Å². The molecular formula is C9H7BN2O3. The first kappa shape index (κ1) is 9.45. The molecule has 15 heavy (non-hydrogen) atoms. The van der Waals surface area contributed by atoms with Crippen molar-refractivity contribution in [2.75, 3.05) is 0 Å². The summed E-state index contributed by atoms with van der Waals surface area (Å²) in [5.41, 5.74) is -0.129. The van der Waals surface area contributed by atoms with Gasteiger partial charge in [0.25, 0.3) is 0 Å². The molecule has 0 aliphatic rings. The van der Waals surface area contributed by atoms with Gasteiger partial charge in [0.15, 0.2) is 0 Å². The number of H-pyrrole nitrogens is 2. The van der Waals surface area contributed by atoms with Crippen molar-refractivity contribution < 1.29 is 9.53 Å². The van der Waals surface area contributed by atoms with E-state index in [-0.39, 0.29) is 5.75 Å². The third-order valence-electron chi connectivity index (χ3n) is 1.80. The Kier molecular flexibility index (Phi) is 2.49. The molecule has 74 valence electrons. The van der Waals surface area contributed by atoms with Crippen molar-refractivity contribution in [3.63, 3.8) is 0 Å². The van der Waals surface area contributed by atoms with Crippen LogP contribution >= 0.6 is 0 Å². The van der Waals surface area contributed by atoms with E-state index in [4.69, 9.17) is 4.74 Å². The van der Waals surface area contributed by atoms with Crippen LogP contribution < -0.4 is 10.3 Å². The third-order valence-corrected chi connectivity index (χ3v) is 1.80. The van der Waals surface area contributed by atoms with E-state index in [2.05, 4.69) is 9.88 Å². The zero-order valence-corrected chi connectivity index (χ0v) is 7.69. The molecule has 2 aromatic rings. The first-order valence-corrected chi connectivity index (χ1v) is 4.30. The Morgan fingerprint density at radius 1 is 1.40 bits per heavy atom. The second-order valence-electron chi connectivity index (χ2n) is 2.84. The molecule has 2 aromatic heterocycles. The summed E-state index contributed by atoms with van der Waals surface area (Å²) in [7, 11) is 1.47. The van der Waals surface area contributed by atoms with Crippen molar-refractivity contribution in [3.8, 4) is 5.75 Å². The van der Waals surface area contributed by atoms with Gasteiger partial charge in [-0.05, 0) is 0 Å². The Hall–Kier alpha value is -2.11. The van der Waals surface area contributed by atoms with Crippen LogP contribution in [0.1, 0.15) is 10.5 Å². The van der Waals surface area contributed by atoms with E-state index in [1.165, 1.54) is 13.1 Å². The van der Waals surface area contributed by atoms with E-state index in [0.29, 0.717) is 5.69 Å². The molecule has 0 amide bonds. The molecule has 0 unspecified atom stereocenters. The average molecular weight is 202 g/mol. The van der Waals surface area contributed by atoms with Gasteiger partial charge < -0.3 is 0 Å². The average Bonchev–Trinajstić information content (AvgIpc) is 2.74. The minimum atomic E-state index is -0.586. The van der Waals surface area contributed by atoms with Gasteiger partial charge in [0.2, 0.25) is 0 Å². The van der Waals surface area contributed by atoms with E-state index < -0.39 is 11.5 Å². The molecule has 0 atom stereocenters. The molecule has 2 rings (SSSR count). The van der Waals surface area contributed by atoms with Gasteiger partial charge in [-0.15, -0.1) is 0 Å². The molecule has 0 aromatic carbocycles.